The second kappa shape index (κ2) is 7.94. The Balaban J connectivity index is 1.55. The van der Waals surface area contributed by atoms with Gasteiger partial charge in [-0.1, -0.05) is 12.1 Å². The zero-order valence-electron chi connectivity index (χ0n) is 17.9. The Hall–Kier alpha value is -3.55. The van der Waals surface area contributed by atoms with E-state index in [-0.39, 0.29) is 0 Å². The minimum atomic E-state index is 0.292. The molecule has 3 heterocycles. The molecule has 1 N–H and O–H groups in total. The molecule has 1 aliphatic rings. The van der Waals surface area contributed by atoms with Crippen molar-refractivity contribution >= 4 is 27.6 Å². The molecule has 31 heavy (non-hydrogen) atoms. The van der Waals surface area contributed by atoms with Crippen LogP contribution in [0.1, 0.15) is 24.6 Å². The quantitative estimate of drug-likeness (QED) is 0.525. The van der Waals surface area contributed by atoms with E-state index >= 15 is 0 Å². The van der Waals surface area contributed by atoms with Crippen LogP contribution in [-0.4, -0.2) is 54.6 Å². The lowest BCUT2D eigenvalue weighted by Crippen LogP contribution is -2.35. The van der Waals surface area contributed by atoms with E-state index in [1.807, 2.05) is 24.3 Å². The number of nitrogens with zero attached hydrogens (tertiary/aromatic N) is 4. The van der Waals surface area contributed by atoms with Crippen LogP contribution in [-0.2, 0) is 0 Å². The van der Waals surface area contributed by atoms with Crippen LogP contribution in [0, 0.1) is 0 Å². The van der Waals surface area contributed by atoms with Gasteiger partial charge in [0.1, 0.15) is 5.82 Å². The van der Waals surface area contributed by atoms with Gasteiger partial charge in [0.25, 0.3) is 0 Å². The Kier molecular flexibility index (Phi) is 4.97. The van der Waals surface area contributed by atoms with Crippen LogP contribution in [0.2, 0.25) is 0 Å². The summed E-state index contributed by atoms with van der Waals surface area (Å²) in [7, 11) is 4.84. The number of nitrogens with one attached hydrogen (secondary N) is 1. The smallest absolute Gasteiger partial charge is 0.204 e. The van der Waals surface area contributed by atoms with Crippen molar-refractivity contribution in [2.75, 3.05) is 39.3 Å². The number of para-hydroxylation sites is 2. The van der Waals surface area contributed by atoms with Crippen LogP contribution in [0.5, 0.6) is 17.2 Å². The number of H-pyrrole nitrogens is 1. The summed E-state index contributed by atoms with van der Waals surface area (Å²) >= 11 is 0. The Morgan fingerprint density at radius 1 is 1.03 bits per heavy atom. The predicted molar refractivity (Wildman–Crippen MR) is 119 cm³/mol. The molecule has 5 rings (SSSR count). The summed E-state index contributed by atoms with van der Waals surface area (Å²) in [5.74, 6) is 3.88. The normalized spacial score (nSPS) is 16.6. The Bertz CT molecular complexity index is 1210. The summed E-state index contributed by atoms with van der Waals surface area (Å²) < 4.78 is 16.7. The van der Waals surface area contributed by atoms with Gasteiger partial charge in [-0.3, -0.25) is 0 Å². The van der Waals surface area contributed by atoms with Gasteiger partial charge in [0.15, 0.2) is 17.3 Å². The molecule has 0 radical (unpaired) electrons. The molecule has 0 amide bonds. The molecule has 1 saturated heterocycles. The van der Waals surface area contributed by atoms with Crippen LogP contribution >= 0.6 is 0 Å². The van der Waals surface area contributed by atoms with Crippen LogP contribution in [0.15, 0.2) is 36.5 Å². The highest BCUT2D eigenvalue weighted by Crippen LogP contribution is 2.45. The first-order chi connectivity index (χ1) is 15.2. The number of hydrogen-bond acceptors (Lipinski definition) is 7. The summed E-state index contributed by atoms with van der Waals surface area (Å²) in [5.41, 5.74) is 2.07. The number of anilines is 1. The fourth-order valence-electron chi connectivity index (χ4n) is 4.48. The zero-order valence-corrected chi connectivity index (χ0v) is 17.9. The monoisotopic (exact) mass is 419 g/mol. The van der Waals surface area contributed by atoms with Crippen molar-refractivity contribution in [2.24, 2.45) is 0 Å². The topological polar surface area (TPSA) is 85.4 Å². The number of ether oxygens (including phenoxy) is 3. The van der Waals surface area contributed by atoms with E-state index in [2.05, 4.69) is 26.1 Å². The lowest BCUT2D eigenvalue weighted by Gasteiger charge is -2.33. The number of methoxy groups -OCH3 is 3. The average Bonchev–Trinajstić information content (AvgIpc) is 3.26. The van der Waals surface area contributed by atoms with Crippen LogP contribution in [0.3, 0.4) is 0 Å². The van der Waals surface area contributed by atoms with Gasteiger partial charge in [0.2, 0.25) is 5.75 Å². The lowest BCUT2D eigenvalue weighted by molar-refractivity contribution is 0.327. The molecule has 2 aromatic carbocycles. The van der Waals surface area contributed by atoms with Crippen molar-refractivity contribution in [3.63, 3.8) is 0 Å². The van der Waals surface area contributed by atoms with E-state index in [0.29, 0.717) is 23.2 Å². The SMILES string of the molecule is COc1cc2c(N3CCCC(c4nc5ccccc5[nH]4)C3)nncc2c(OC)c1OC. The molecule has 0 bridgehead atoms. The maximum Gasteiger partial charge on any atom is 0.204 e. The van der Waals surface area contributed by atoms with Gasteiger partial charge >= 0.3 is 0 Å². The molecule has 0 saturated carbocycles. The van der Waals surface area contributed by atoms with E-state index in [1.165, 1.54) is 0 Å². The van der Waals surface area contributed by atoms with Crippen molar-refractivity contribution < 1.29 is 14.2 Å². The van der Waals surface area contributed by atoms with Crippen molar-refractivity contribution in [1.29, 1.82) is 0 Å². The lowest BCUT2D eigenvalue weighted by atomic mass is 9.97. The molecule has 8 heteroatoms. The van der Waals surface area contributed by atoms with E-state index in [1.54, 1.807) is 27.5 Å². The van der Waals surface area contributed by atoms with Gasteiger partial charge < -0.3 is 24.1 Å². The van der Waals surface area contributed by atoms with Crippen LogP contribution < -0.4 is 19.1 Å². The third kappa shape index (κ3) is 3.28. The molecule has 0 spiro atoms. The van der Waals surface area contributed by atoms with Gasteiger partial charge in [0, 0.05) is 24.4 Å². The van der Waals surface area contributed by atoms with Crippen molar-refractivity contribution in [1.82, 2.24) is 20.2 Å². The van der Waals surface area contributed by atoms with Crippen molar-refractivity contribution in [3.8, 4) is 17.2 Å². The molecule has 160 valence electrons. The fraction of sp³-hybridized carbons (Fsp3) is 0.348. The summed E-state index contributed by atoms with van der Waals surface area (Å²) in [6.07, 6.45) is 3.83. The van der Waals surface area contributed by atoms with Gasteiger partial charge in [0.05, 0.1) is 43.9 Å². The third-order valence-electron chi connectivity index (χ3n) is 5.96. The highest BCUT2D eigenvalue weighted by Gasteiger charge is 2.27. The number of aromatic nitrogens is 4. The standard InChI is InChI=1S/C23H25N5O3/c1-29-19-11-15-16(20(30-2)21(19)31-3)12-24-27-23(15)28-10-6-7-14(13-28)22-25-17-8-4-5-9-18(17)26-22/h4-5,8-9,11-12,14H,6-7,10,13H2,1-3H3,(H,25,26). The number of rotatable bonds is 5. The molecule has 4 aromatic rings. The largest absolute Gasteiger partial charge is 0.493 e. The number of piperidine rings is 1. The molecule has 1 unspecified atom stereocenters. The predicted octanol–water partition coefficient (Wildman–Crippen LogP) is 3.92. The molecular weight excluding hydrogens is 394 g/mol. The summed E-state index contributed by atoms with van der Waals surface area (Å²) in [6, 6.07) is 10.1. The second-order valence-corrected chi connectivity index (χ2v) is 7.70. The highest BCUT2D eigenvalue weighted by molar-refractivity contribution is 5.99. The number of benzene rings is 2. The van der Waals surface area contributed by atoms with Gasteiger partial charge in [-0.25, -0.2) is 4.98 Å². The molecule has 2 aromatic heterocycles. The van der Waals surface area contributed by atoms with Gasteiger partial charge in [-0.15, -0.1) is 5.10 Å². The Morgan fingerprint density at radius 3 is 2.65 bits per heavy atom. The summed E-state index contributed by atoms with van der Waals surface area (Å²) in [6.45, 7) is 1.71. The molecule has 8 nitrogen and oxygen atoms in total. The van der Waals surface area contributed by atoms with E-state index in [0.717, 1.165) is 59.4 Å². The molecule has 1 aliphatic heterocycles. The Morgan fingerprint density at radius 2 is 1.87 bits per heavy atom. The number of imidazole rings is 1. The number of aromatic amines is 1. The molecule has 0 aliphatic carbocycles. The van der Waals surface area contributed by atoms with Crippen molar-refractivity contribution in [2.45, 2.75) is 18.8 Å². The minimum absolute atomic E-state index is 0.292. The number of hydrogen-bond donors (Lipinski definition) is 1. The Labute approximate surface area is 180 Å². The summed E-state index contributed by atoms with van der Waals surface area (Å²) in [5, 5.41) is 10.5. The maximum absolute atomic E-state index is 5.65. The average molecular weight is 419 g/mol. The highest BCUT2D eigenvalue weighted by atomic mass is 16.5. The van der Waals surface area contributed by atoms with E-state index < -0.39 is 0 Å². The number of fused-ring (bicyclic) bond motifs is 2. The fourth-order valence-corrected chi connectivity index (χ4v) is 4.48. The maximum atomic E-state index is 5.65. The molecule has 1 fully saturated rings. The van der Waals surface area contributed by atoms with Gasteiger partial charge in [-0.05, 0) is 31.0 Å². The van der Waals surface area contributed by atoms with E-state index in [4.69, 9.17) is 19.2 Å². The first-order valence-electron chi connectivity index (χ1n) is 10.4. The first kappa shape index (κ1) is 19.4. The van der Waals surface area contributed by atoms with Crippen LogP contribution in [0.25, 0.3) is 21.8 Å². The second-order valence-electron chi connectivity index (χ2n) is 7.70. The van der Waals surface area contributed by atoms with Crippen LogP contribution in [0.4, 0.5) is 5.82 Å². The molecular formula is C23H25N5O3. The zero-order chi connectivity index (χ0) is 21.4. The third-order valence-corrected chi connectivity index (χ3v) is 5.96. The summed E-state index contributed by atoms with van der Waals surface area (Å²) in [4.78, 5) is 10.6. The van der Waals surface area contributed by atoms with Gasteiger partial charge in [-0.2, -0.15) is 5.10 Å². The van der Waals surface area contributed by atoms with E-state index in [9.17, 15) is 0 Å². The van der Waals surface area contributed by atoms with Crippen molar-refractivity contribution in [3.05, 3.63) is 42.4 Å². The first-order valence-corrected chi connectivity index (χ1v) is 10.4. The molecule has 1 atom stereocenters. The minimum Gasteiger partial charge on any atom is -0.493 e.